The quantitative estimate of drug-likeness (QED) is 0.234. The van der Waals surface area contributed by atoms with Gasteiger partial charge in [-0.3, -0.25) is 0 Å². The summed E-state index contributed by atoms with van der Waals surface area (Å²) in [5.74, 6) is 0. The average molecular weight is 355 g/mol. The normalized spacial score (nSPS) is 11.7. The fourth-order valence-corrected chi connectivity index (χ4v) is 1.36. The van der Waals surface area contributed by atoms with Crippen molar-refractivity contribution in [2.24, 2.45) is 0 Å². The van der Waals surface area contributed by atoms with Gasteiger partial charge < -0.3 is 9.47 Å². The number of thiol groups is 4. The number of ether oxygens (including phenoxy) is 2. The topological polar surface area (TPSA) is 35.5 Å². The first-order valence-corrected chi connectivity index (χ1v) is 7.70. The van der Waals surface area contributed by atoms with Crippen LogP contribution in [-0.4, -0.2) is 57.1 Å². The number of hydrogen-bond acceptors (Lipinski definition) is 7. The van der Waals surface area contributed by atoms with E-state index in [2.05, 4.69) is 50.5 Å². The molecule has 8 heteroatoms. The molecule has 0 saturated heterocycles. The zero-order chi connectivity index (χ0) is 14.2. The number of rotatable bonds is 8. The molecular weight excluding hydrogens is 331 g/mol. The van der Waals surface area contributed by atoms with Crippen LogP contribution in [0.15, 0.2) is 0 Å². The van der Waals surface area contributed by atoms with Crippen LogP contribution in [0.3, 0.4) is 0 Å². The summed E-state index contributed by atoms with van der Waals surface area (Å²) >= 11 is 17.3. The molecule has 110 valence electrons. The van der Waals surface area contributed by atoms with Crippen LogP contribution in [0.4, 0.5) is 4.79 Å². The Labute approximate surface area is 160 Å². The zero-order valence-corrected chi connectivity index (χ0v) is 14.3. The summed E-state index contributed by atoms with van der Waals surface area (Å²) in [7, 11) is 0. The fourth-order valence-electron chi connectivity index (χ4n) is 0.991. The van der Waals surface area contributed by atoms with Crippen LogP contribution in [0, 0.1) is 0 Å². The molecule has 0 rings (SSSR count). The van der Waals surface area contributed by atoms with Crippen molar-refractivity contribution in [1.29, 1.82) is 0 Å². The van der Waals surface area contributed by atoms with E-state index >= 15 is 0 Å². The van der Waals surface area contributed by atoms with Crippen molar-refractivity contribution in [3.8, 4) is 0 Å². The van der Waals surface area contributed by atoms with Crippen molar-refractivity contribution >= 4 is 86.2 Å². The summed E-state index contributed by atoms with van der Waals surface area (Å²) in [6.07, 6.45) is 2.05. The van der Waals surface area contributed by atoms with Gasteiger partial charge >= 0.3 is 35.7 Å². The molecular formula is C11H23NaO3S4. The number of carbonyl (C=O) groups excluding carboxylic acids is 1. The van der Waals surface area contributed by atoms with Crippen LogP contribution in [-0.2, 0) is 9.47 Å². The first kappa shape index (κ1) is 22.9. The van der Waals surface area contributed by atoms with Crippen molar-refractivity contribution in [1.82, 2.24) is 0 Å². The third kappa shape index (κ3) is 13.1. The van der Waals surface area contributed by atoms with E-state index in [-0.39, 0.29) is 42.8 Å². The Kier molecular flexibility index (Phi) is 13.6. The standard InChI is InChI=1S/C11H22O3S4.Na.H/c1-3-10(15,16)5-7-13-9(12)14-8-6-11(17,18)4-2;;/h15-18H,3-8H2,1-2H3;;. The molecule has 0 unspecified atom stereocenters. The van der Waals surface area contributed by atoms with Crippen LogP contribution in [0.25, 0.3) is 0 Å². The SMILES string of the molecule is CCC(S)(S)CCOC(=O)OCCC(S)(S)CC.[NaH]. The first-order valence-electron chi connectivity index (χ1n) is 5.91. The Hall–Kier alpha value is 1.67. The van der Waals surface area contributed by atoms with E-state index in [0.29, 0.717) is 12.8 Å². The molecule has 0 amide bonds. The molecule has 0 heterocycles. The second-order valence-electron chi connectivity index (χ2n) is 4.12. The van der Waals surface area contributed by atoms with Gasteiger partial charge in [0.25, 0.3) is 0 Å². The Morgan fingerprint density at radius 2 is 1.21 bits per heavy atom. The van der Waals surface area contributed by atoms with Gasteiger partial charge in [0.15, 0.2) is 0 Å². The van der Waals surface area contributed by atoms with E-state index in [0.717, 1.165) is 12.8 Å². The Bertz CT molecular complexity index is 238. The van der Waals surface area contributed by atoms with E-state index in [9.17, 15) is 4.79 Å². The summed E-state index contributed by atoms with van der Waals surface area (Å²) in [6, 6.07) is 0. The van der Waals surface area contributed by atoms with Gasteiger partial charge in [0.05, 0.1) is 21.4 Å². The van der Waals surface area contributed by atoms with Crippen molar-refractivity contribution in [2.45, 2.75) is 47.7 Å². The second kappa shape index (κ2) is 11.3. The van der Waals surface area contributed by atoms with Gasteiger partial charge in [-0.15, -0.1) is 0 Å². The molecule has 0 bridgehead atoms. The molecule has 19 heavy (non-hydrogen) atoms. The summed E-state index contributed by atoms with van der Waals surface area (Å²) in [4.78, 5) is 11.2. The fraction of sp³-hybridized carbons (Fsp3) is 0.909. The van der Waals surface area contributed by atoms with E-state index in [1.165, 1.54) is 0 Å². The van der Waals surface area contributed by atoms with Crippen LogP contribution in [0.5, 0.6) is 0 Å². The monoisotopic (exact) mass is 354 g/mol. The van der Waals surface area contributed by atoms with Gasteiger partial charge in [0.1, 0.15) is 0 Å². The van der Waals surface area contributed by atoms with Crippen molar-refractivity contribution in [2.75, 3.05) is 13.2 Å². The summed E-state index contributed by atoms with van der Waals surface area (Å²) in [6.45, 7) is 4.45. The van der Waals surface area contributed by atoms with Gasteiger partial charge in [0.2, 0.25) is 0 Å². The van der Waals surface area contributed by atoms with Gasteiger partial charge in [-0.05, 0) is 12.8 Å². The van der Waals surface area contributed by atoms with Crippen LogP contribution < -0.4 is 0 Å². The molecule has 0 saturated carbocycles. The van der Waals surface area contributed by atoms with Crippen molar-refractivity contribution in [3.05, 3.63) is 0 Å². The predicted octanol–water partition coefficient (Wildman–Crippen LogP) is 3.20. The van der Waals surface area contributed by atoms with E-state index < -0.39 is 14.3 Å². The first-order chi connectivity index (χ1) is 8.22. The van der Waals surface area contributed by atoms with Gasteiger partial charge in [0, 0.05) is 12.8 Å². The average Bonchev–Trinajstić information content (AvgIpc) is 2.28. The van der Waals surface area contributed by atoms with E-state index in [4.69, 9.17) is 9.47 Å². The molecule has 0 N–H and O–H groups in total. The summed E-state index contributed by atoms with van der Waals surface area (Å²) in [5, 5.41) is 0. The zero-order valence-electron chi connectivity index (χ0n) is 10.8. The van der Waals surface area contributed by atoms with E-state index in [1.807, 2.05) is 13.8 Å². The molecule has 0 radical (unpaired) electrons. The van der Waals surface area contributed by atoms with Crippen LogP contribution >= 0.6 is 50.5 Å². The molecule has 0 aromatic rings. The molecule has 0 aliphatic carbocycles. The van der Waals surface area contributed by atoms with E-state index in [1.54, 1.807) is 0 Å². The minimum absolute atomic E-state index is 0. The van der Waals surface area contributed by atoms with Gasteiger partial charge in [-0.25, -0.2) is 4.79 Å². The maximum atomic E-state index is 11.2. The Morgan fingerprint density at radius 3 is 1.47 bits per heavy atom. The molecule has 0 aliphatic rings. The molecule has 0 fully saturated rings. The second-order valence-corrected chi connectivity index (χ2v) is 8.25. The summed E-state index contributed by atoms with van der Waals surface area (Å²) in [5.41, 5.74) is 0. The number of hydrogen-bond donors (Lipinski definition) is 4. The summed E-state index contributed by atoms with van der Waals surface area (Å²) < 4.78 is 9.02. The molecule has 0 aromatic heterocycles. The minimum atomic E-state index is -0.669. The molecule has 0 spiro atoms. The van der Waals surface area contributed by atoms with Crippen molar-refractivity contribution in [3.63, 3.8) is 0 Å². The molecule has 0 aliphatic heterocycles. The van der Waals surface area contributed by atoms with Crippen LogP contribution in [0.1, 0.15) is 39.5 Å². The predicted molar refractivity (Wildman–Crippen MR) is 95.7 cm³/mol. The third-order valence-electron chi connectivity index (χ3n) is 2.58. The third-order valence-corrected chi connectivity index (χ3v) is 4.74. The van der Waals surface area contributed by atoms with Gasteiger partial charge in [-0.2, -0.15) is 50.5 Å². The maximum absolute atomic E-state index is 11.2. The van der Waals surface area contributed by atoms with Crippen molar-refractivity contribution < 1.29 is 14.3 Å². The van der Waals surface area contributed by atoms with Gasteiger partial charge in [-0.1, -0.05) is 13.8 Å². The molecule has 0 aromatic carbocycles. The molecule has 3 nitrogen and oxygen atoms in total. The molecule has 0 atom stereocenters. The Morgan fingerprint density at radius 1 is 0.895 bits per heavy atom. The Balaban J connectivity index is 0. The number of carbonyl (C=O) groups is 1. The van der Waals surface area contributed by atoms with Crippen LogP contribution in [0.2, 0.25) is 0 Å².